The molecule has 3 rings (SSSR count). The van der Waals surface area contributed by atoms with Crippen molar-refractivity contribution in [1.82, 2.24) is 14.9 Å². The van der Waals surface area contributed by atoms with Crippen molar-refractivity contribution < 1.29 is 9.13 Å². The van der Waals surface area contributed by atoms with Crippen LogP contribution in [0.2, 0.25) is 0 Å². The van der Waals surface area contributed by atoms with Crippen molar-refractivity contribution in [3.8, 4) is 5.69 Å². The predicted octanol–water partition coefficient (Wildman–Crippen LogP) is 1.98. The van der Waals surface area contributed by atoms with Gasteiger partial charge in [0.2, 0.25) is 0 Å². The Morgan fingerprint density at radius 2 is 2.37 bits per heavy atom. The molecule has 0 bridgehead atoms. The Hall–Kier alpha value is -1.72. The SMILES string of the molecule is Cc1ccc(-n2cncc2C2CNCCO2)c(F)c1. The first-order valence-electron chi connectivity index (χ1n) is 6.37. The molecule has 1 aliphatic heterocycles. The first kappa shape index (κ1) is 12.3. The molecule has 19 heavy (non-hydrogen) atoms. The van der Waals surface area contributed by atoms with Crippen LogP contribution in [0, 0.1) is 12.7 Å². The largest absolute Gasteiger partial charge is 0.369 e. The number of aryl methyl sites for hydroxylation is 1. The third-order valence-corrected chi connectivity index (χ3v) is 3.29. The lowest BCUT2D eigenvalue weighted by molar-refractivity contribution is 0.0240. The van der Waals surface area contributed by atoms with Crippen molar-refractivity contribution >= 4 is 0 Å². The molecule has 1 saturated heterocycles. The minimum absolute atomic E-state index is 0.0862. The highest BCUT2D eigenvalue weighted by Crippen LogP contribution is 2.23. The number of aromatic nitrogens is 2. The maximum absolute atomic E-state index is 14.1. The second-order valence-corrected chi connectivity index (χ2v) is 4.71. The van der Waals surface area contributed by atoms with E-state index in [4.69, 9.17) is 4.74 Å². The number of ether oxygens (including phenoxy) is 1. The minimum atomic E-state index is -0.247. The second kappa shape index (κ2) is 5.11. The normalized spacial score (nSPS) is 19.6. The van der Waals surface area contributed by atoms with Gasteiger partial charge in [0.1, 0.15) is 11.9 Å². The zero-order chi connectivity index (χ0) is 13.2. The fraction of sp³-hybridized carbons (Fsp3) is 0.357. The number of nitrogens with one attached hydrogen (secondary N) is 1. The van der Waals surface area contributed by atoms with Gasteiger partial charge in [0, 0.05) is 13.1 Å². The number of hydrogen-bond donors (Lipinski definition) is 1. The van der Waals surface area contributed by atoms with E-state index in [2.05, 4.69) is 10.3 Å². The van der Waals surface area contributed by atoms with Gasteiger partial charge in [-0.1, -0.05) is 6.07 Å². The lowest BCUT2D eigenvalue weighted by Gasteiger charge is -2.24. The van der Waals surface area contributed by atoms with E-state index in [9.17, 15) is 4.39 Å². The summed E-state index contributed by atoms with van der Waals surface area (Å²) in [7, 11) is 0. The van der Waals surface area contributed by atoms with Crippen molar-refractivity contribution in [3.05, 3.63) is 47.8 Å². The van der Waals surface area contributed by atoms with Crippen molar-refractivity contribution in [3.63, 3.8) is 0 Å². The molecule has 1 aromatic heterocycles. The summed E-state index contributed by atoms with van der Waals surface area (Å²) in [5, 5.41) is 3.27. The Morgan fingerprint density at radius 3 is 3.11 bits per heavy atom. The molecule has 5 heteroatoms. The van der Waals surface area contributed by atoms with Gasteiger partial charge in [-0.05, 0) is 24.6 Å². The standard InChI is InChI=1S/C14H16FN3O/c1-10-2-3-12(11(15)6-10)18-9-17-7-13(18)14-8-16-4-5-19-14/h2-3,6-7,9,14,16H,4-5,8H2,1H3. The van der Waals surface area contributed by atoms with Crippen LogP contribution in [0.1, 0.15) is 17.4 Å². The van der Waals surface area contributed by atoms with E-state index in [1.54, 1.807) is 23.2 Å². The van der Waals surface area contributed by atoms with Gasteiger partial charge in [-0.15, -0.1) is 0 Å². The molecule has 0 aliphatic carbocycles. The number of benzene rings is 1. The highest BCUT2D eigenvalue weighted by Gasteiger charge is 2.21. The van der Waals surface area contributed by atoms with Crippen molar-refractivity contribution in [2.75, 3.05) is 19.7 Å². The number of nitrogens with zero attached hydrogens (tertiary/aromatic N) is 2. The van der Waals surface area contributed by atoms with Crippen molar-refractivity contribution in [1.29, 1.82) is 0 Å². The molecular weight excluding hydrogens is 245 g/mol. The lowest BCUT2D eigenvalue weighted by atomic mass is 10.2. The van der Waals surface area contributed by atoms with Gasteiger partial charge in [-0.2, -0.15) is 0 Å². The molecule has 0 saturated carbocycles. The average molecular weight is 261 g/mol. The van der Waals surface area contributed by atoms with Gasteiger partial charge >= 0.3 is 0 Å². The smallest absolute Gasteiger partial charge is 0.147 e. The van der Waals surface area contributed by atoms with E-state index in [0.29, 0.717) is 12.3 Å². The molecule has 1 fully saturated rings. The van der Waals surface area contributed by atoms with Crippen LogP contribution < -0.4 is 5.32 Å². The van der Waals surface area contributed by atoms with Gasteiger partial charge in [0.15, 0.2) is 0 Å². The summed E-state index contributed by atoms with van der Waals surface area (Å²) >= 11 is 0. The van der Waals surface area contributed by atoms with Crippen LogP contribution in [0.4, 0.5) is 4.39 Å². The van der Waals surface area contributed by atoms with Gasteiger partial charge in [0.05, 0.1) is 30.5 Å². The molecule has 0 amide bonds. The molecule has 1 N–H and O–H groups in total. The third-order valence-electron chi connectivity index (χ3n) is 3.29. The van der Waals surface area contributed by atoms with Crippen LogP contribution in [-0.4, -0.2) is 29.2 Å². The summed E-state index contributed by atoms with van der Waals surface area (Å²) in [6.07, 6.45) is 3.27. The Kier molecular flexibility index (Phi) is 3.31. The van der Waals surface area contributed by atoms with Crippen LogP contribution in [0.3, 0.4) is 0 Å². The van der Waals surface area contributed by atoms with E-state index >= 15 is 0 Å². The summed E-state index contributed by atoms with van der Waals surface area (Å²) in [6.45, 7) is 4.10. The lowest BCUT2D eigenvalue weighted by Crippen LogP contribution is -2.34. The first-order chi connectivity index (χ1) is 9.25. The monoisotopic (exact) mass is 261 g/mol. The summed E-state index contributed by atoms with van der Waals surface area (Å²) < 4.78 is 21.5. The van der Waals surface area contributed by atoms with Crippen LogP contribution in [0.15, 0.2) is 30.7 Å². The van der Waals surface area contributed by atoms with E-state index in [1.807, 2.05) is 13.0 Å². The fourth-order valence-electron chi connectivity index (χ4n) is 2.31. The molecule has 1 aliphatic rings. The fourth-order valence-corrected chi connectivity index (χ4v) is 2.31. The quantitative estimate of drug-likeness (QED) is 0.898. The van der Waals surface area contributed by atoms with E-state index < -0.39 is 0 Å². The van der Waals surface area contributed by atoms with Gasteiger partial charge in [0.25, 0.3) is 0 Å². The first-order valence-corrected chi connectivity index (χ1v) is 6.37. The maximum atomic E-state index is 14.1. The van der Waals surface area contributed by atoms with Crippen LogP contribution in [0.5, 0.6) is 0 Å². The molecule has 1 aromatic carbocycles. The second-order valence-electron chi connectivity index (χ2n) is 4.71. The highest BCUT2D eigenvalue weighted by molar-refractivity contribution is 5.38. The van der Waals surface area contributed by atoms with E-state index in [0.717, 1.165) is 24.3 Å². The maximum Gasteiger partial charge on any atom is 0.147 e. The molecule has 1 atom stereocenters. The van der Waals surface area contributed by atoms with Crippen molar-refractivity contribution in [2.24, 2.45) is 0 Å². The van der Waals surface area contributed by atoms with Crippen LogP contribution in [0.25, 0.3) is 5.69 Å². The summed E-state index contributed by atoms with van der Waals surface area (Å²) in [4.78, 5) is 4.13. The highest BCUT2D eigenvalue weighted by atomic mass is 19.1. The molecule has 0 spiro atoms. The number of imidazole rings is 1. The molecule has 2 aromatic rings. The zero-order valence-corrected chi connectivity index (χ0v) is 10.8. The summed E-state index contributed by atoms with van der Waals surface area (Å²) in [5.41, 5.74) is 2.28. The Bertz CT molecular complexity index is 576. The average Bonchev–Trinajstić information content (AvgIpc) is 2.89. The minimum Gasteiger partial charge on any atom is -0.369 e. The summed E-state index contributed by atoms with van der Waals surface area (Å²) in [5.74, 6) is -0.247. The number of rotatable bonds is 2. The van der Waals surface area contributed by atoms with Crippen LogP contribution >= 0.6 is 0 Å². The number of hydrogen-bond acceptors (Lipinski definition) is 3. The van der Waals surface area contributed by atoms with E-state index in [1.165, 1.54) is 6.07 Å². The number of morpholine rings is 1. The molecule has 100 valence electrons. The topological polar surface area (TPSA) is 39.1 Å². The zero-order valence-electron chi connectivity index (χ0n) is 10.8. The van der Waals surface area contributed by atoms with Gasteiger partial charge in [-0.25, -0.2) is 9.37 Å². The summed E-state index contributed by atoms with van der Waals surface area (Å²) in [6, 6.07) is 5.19. The molecule has 2 heterocycles. The molecular formula is C14H16FN3O. The number of halogens is 1. The van der Waals surface area contributed by atoms with Crippen molar-refractivity contribution in [2.45, 2.75) is 13.0 Å². The molecule has 1 unspecified atom stereocenters. The molecule has 4 nitrogen and oxygen atoms in total. The van der Waals surface area contributed by atoms with Gasteiger partial charge in [-0.3, -0.25) is 4.57 Å². The molecule has 0 radical (unpaired) electrons. The van der Waals surface area contributed by atoms with Crippen LogP contribution in [-0.2, 0) is 4.74 Å². The Balaban J connectivity index is 1.99. The third kappa shape index (κ3) is 2.39. The van der Waals surface area contributed by atoms with Gasteiger partial charge < -0.3 is 10.1 Å². The Labute approximate surface area is 111 Å². The Morgan fingerprint density at radius 1 is 1.47 bits per heavy atom. The predicted molar refractivity (Wildman–Crippen MR) is 69.8 cm³/mol. The van der Waals surface area contributed by atoms with E-state index in [-0.39, 0.29) is 11.9 Å².